The Hall–Kier alpha value is -2.57. The first kappa shape index (κ1) is 16.3. The van der Waals surface area contributed by atoms with Gasteiger partial charge in [0.25, 0.3) is 0 Å². The molecule has 0 amide bonds. The number of rotatable bonds is 5. The summed E-state index contributed by atoms with van der Waals surface area (Å²) in [6.07, 6.45) is 1.77. The number of pyridine rings is 1. The molecule has 3 rings (SSSR count). The van der Waals surface area contributed by atoms with Gasteiger partial charge in [-0.3, -0.25) is 0 Å². The lowest BCUT2D eigenvalue weighted by Crippen LogP contribution is -2.15. The van der Waals surface area contributed by atoms with Gasteiger partial charge >= 0.3 is 0 Å². The van der Waals surface area contributed by atoms with Crippen LogP contribution in [0.3, 0.4) is 0 Å². The Balaban J connectivity index is 1.98. The van der Waals surface area contributed by atoms with Crippen molar-refractivity contribution in [2.45, 2.75) is 53.0 Å². The Morgan fingerprint density at radius 2 is 1.83 bits per heavy atom. The van der Waals surface area contributed by atoms with E-state index in [4.69, 9.17) is 4.98 Å². The molecule has 0 saturated carbocycles. The molecule has 0 aliphatic carbocycles. The van der Waals surface area contributed by atoms with Crippen LogP contribution in [0.5, 0.6) is 0 Å². The monoisotopic (exact) mass is 325 g/mol. The molecule has 3 heterocycles. The lowest BCUT2D eigenvalue weighted by Gasteiger charge is -2.12. The minimum Gasteiger partial charge on any atom is -0.249 e. The van der Waals surface area contributed by atoms with E-state index in [0.717, 1.165) is 29.1 Å². The maximum atomic E-state index is 4.77. The summed E-state index contributed by atoms with van der Waals surface area (Å²) in [7, 11) is 0. The molecule has 0 aromatic carbocycles. The van der Waals surface area contributed by atoms with Gasteiger partial charge in [0, 0.05) is 18.0 Å². The zero-order chi connectivity index (χ0) is 17.3. The molecule has 0 fully saturated rings. The molecule has 0 saturated heterocycles. The summed E-state index contributed by atoms with van der Waals surface area (Å²) in [5.41, 5.74) is 0. The van der Waals surface area contributed by atoms with Gasteiger partial charge in [0.2, 0.25) is 0 Å². The van der Waals surface area contributed by atoms with E-state index in [1.54, 1.807) is 6.20 Å². The molecule has 0 spiro atoms. The van der Waals surface area contributed by atoms with E-state index < -0.39 is 0 Å². The largest absolute Gasteiger partial charge is 0.249 e. The van der Waals surface area contributed by atoms with Crippen LogP contribution in [0.15, 0.2) is 24.4 Å². The van der Waals surface area contributed by atoms with E-state index in [0.29, 0.717) is 6.54 Å². The zero-order valence-corrected chi connectivity index (χ0v) is 14.8. The third-order valence-corrected chi connectivity index (χ3v) is 3.88. The van der Waals surface area contributed by atoms with Crippen molar-refractivity contribution < 1.29 is 0 Å². The van der Waals surface area contributed by atoms with Gasteiger partial charge in [0.1, 0.15) is 17.5 Å². The van der Waals surface area contributed by atoms with Crippen LogP contribution in [-0.4, -0.2) is 34.5 Å². The number of aryl methyl sites for hydroxylation is 2. The van der Waals surface area contributed by atoms with Crippen LogP contribution in [0, 0.1) is 13.8 Å². The summed E-state index contributed by atoms with van der Waals surface area (Å²) in [6.45, 7) is 10.9. The SMILES string of the molecule is Cc1nc(C)n(CC(C)c2nc(C(C)C)nn2-c2ccccn2)n1. The Bertz CT molecular complexity index is 817. The van der Waals surface area contributed by atoms with Crippen molar-refractivity contribution in [2.75, 3.05) is 0 Å². The van der Waals surface area contributed by atoms with Gasteiger partial charge in [-0.2, -0.15) is 9.78 Å². The fourth-order valence-corrected chi connectivity index (χ4v) is 2.63. The maximum Gasteiger partial charge on any atom is 0.155 e. The van der Waals surface area contributed by atoms with Gasteiger partial charge < -0.3 is 0 Å². The molecule has 7 nitrogen and oxygen atoms in total. The standard InChI is InChI=1S/C17H23N7/c1-11(2)16-20-17(24(22-16)15-8-6-7-9-18-15)12(3)10-23-14(5)19-13(4)21-23/h6-9,11-12H,10H2,1-5H3. The van der Waals surface area contributed by atoms with Crippen LogP contribution >= 0.6 is 0 Å². The third-order valence-electron chi connectivity index (χ3n) is 3.88. The number of nitrogens with zero attached hydrogens (tertiary/aromatic N) is 7. The predicted molar refractivity (Wildman–Crippen MR) is 91.2 cm³/mol. The zero-order valence-electron chi connectivity index (χ0n) is 14.8. The molecule has 0 radical (unpaired) electrons. The quantitative estimate of drug-likeness (QED) is 0.721. The summed E-state index contributed by atoms with van der Waals surface area (Å²) in [6, 6.07) is 5.80. The minimum atomic E-state index is 0.131. The Labute approximate surface area is 141 Å². The molecule has 1 unspecified atom stereocenters. The van der Waals surface area contributed by atoms with Crippen LogP contribution in [0.25, 0.3) is 5.82 Å². The number of hydrogen-bond acceptors (Lipinski definition) is 5. The van der Waals surface area contributed by atoms with Crippen LogP contribution in [0.2, 0.25) is 0 Å². The molecule has 0 bridgehead atoms. The molecule has 0 aliphatic rings. The molecule has 7 heteroatoms. The molecular weight excluding hydrogens is 302 g/mol. The highest BCUT2D eigenvalue weighted by molar-refractivity contribution is 5.23. The van der Waals surface area contributed by atoms with Gasteiger partial charge in [0.05, 0.1) is 6.54 Å². The van der Waals surface area contributed by atoms with Crippen LogP contribution in [0.4, 0.5) is 0 Å². The minimum absolute atomic E-state index is 0.131. The number of aromatic nitrogens is 7. The highest BCUT2D eigenvalue weighted by Gasteiger charge is 2.21. The molecule has 3 aromatic heterocycles. The Kier molecular flexibility index (Phi) is 4.42. The normalized spacial score (nSPS) is 12.8. The van der Waals surface area contributed by atoms with Crippen LogP contribution < -0.4 is 0 Å². The lowest BCUT2D eigenvalue weighted by atomic mass is 10.1. The fourth-order valence-electron chi connectivity index (χ4n) is 2.63. The highest BCUT2D eigenvalue weighted by atomic mass is 15.4. The Morgan fingerprint density at radius 1 is 1.04 bits per heavy atom. The fraction of sp³-hybridized carbons (Fsp3) is 0.471. The van der Waals surface area contributed by atoms with Crippen molar-refractivity contribution >= 4 is 0 Å². The van der Waals surface area contributed by atoms with Gasteiger partial charge in [-0.05, 0) is 26.0 Å². The first-order valence-electron chi connectivity index (χ1n) is 8.22. The maximum absolute atomic E-state index is 4.77. The van der Waals surface area contributed by atoms with Crippen LogP contribution in [0.1, 0.15) is 55.9 Å². The molecule has 24 heavy (non-hydrogen) atoms. The molecule has 126 valence electrons. The second-order valence-corrected chi connectivity index (χ2v) is 6.37. The van der Waals surface area contributed by atoms with E-state index >= 15 is 0 Å². The van der Waals surface area contributed by atoms with Crippen LogP contribution in [-0.2, 0) is 6.54 Å². The van der Waals surface area contributed by atoms with E-state index in [2.05, 4.69) is 40.9 Å². The van der Waals surface area contributed by atoms with Crippen molar-refractivity contribution in [1.82, 2.24) is 34.5 Å². The average molecular weight is 325 g/mol. The summed E-state index contributed by atoms with van der Waals surface area (Å²) in [5, 5.41) is 9.12. The summed E-state index contributed by atoms with van der Waals surface area (Å²) in [4.78, 5) is 13.6. The average Bonchev–Trinajstić information content (AvgIpc) is 3.12. The lowest BCUT2D eigenvalue weighted by molar-refractivity contribution is 0.501. The smallest absolute Gasteiger partial charge is 0.155 e. The third kappa shape index (κ3) is 3.20. The molecule has 3 aromatic rings. The van der Waals surface area contributed by atoms with Gasteiger partial charge in [-0.1, -0.05) is 26.8 Å². The topological polar surface area (TPSA) is 74.3 Å². The van der Waals surface area contributed by atoms with Crippen molar-refractivity contribution in [1.29, 1.82) is 0 Å². The van der Waals surface area contributed by atoms with Crippen molar-refractivity contribution in [2.24, 2.45) is 0 Å². The second-order valence-electron chi connectivity index (χ2n) is 6.37. The van der Waals surface area contributed by atoms with Gasteiger partial charge in [0.15, 0.2) is 11.6 Å². The summed E-state index contributed by atoms with van der Waals surface area (Å²) in [5.74, 6) is 4.59. The van der Waals surface area contributed by atoms with E-state index in [1.165, 1.54) is 0 Å². The van der Waals surface area contributed by atoms with E-state index in [-0.39, 0.29) is 11.8 Å². The van der Waals surface area contributed by atoms with Crippen molar-refractivity contribution in [3.05, 3.63) is 47.7 Å². The first-order chi connectivity index (χ1) is 11.5. The van der Waals surface area contributed by atoms with E-state index in [9.17, 15) is 0 Å². The van der Waals surface area contributed by atoms with Crippen molar-refractivity contribution in [3.63, 3.8) is 0 Å². The Morgan fingerprint density at radius 3 is 2.42 bits per heavy atom. The van der Waals surface area contributed by atoms with Gasteiger partial charge in [-0.25, -0.2) is 19.6 Å². The first-order valence-corrected chi connectivity index (χ1v) is 8.22. The van der Waals surface area contributed by atoms with Crippen molar-refractivity contribution in [3.8, 4) is 5.82 Å². The number of hydrogen-bond donors (Lipinski definition) is 0. The van der Waals surface area contributed by atoms with Gasteiger partial charge in [-0.15, -0.1) is 5.10 Å². The summed E-state index contributed by atoms with van der Waals surface area (Å²) >= 11 is 0. The molecule has 0 aliphatic heterocycles. The highest BCUT2D eigenvalue weighted by Crippen LogP contribution is 2.21. The van der Waals surface area contributed by atoms with E-state index in [1.807, 2.05) is 41.4 Å². The molecular formula is C17H23N7. The molecule has 1 atom stereocenters. The molecule has 0 N–H and O–H groups in total. The predicted octanol–water partition coefficient (Wildman–Crippen LogP) is 2.80. The summed E-state index contributed by atoms with van der Waals surface area (Å²) < 4.78 is 3.77. The second kappa shape index (κ2) is 6.51.